The van der Waals surface area contributed by atoms with Crippen LogP contribution in [0.4, 0.5) is 0 Å². The number of rotatable bonds is 7. The Hall–Kier alpha value is -0.610. The van der Waals surface area contributed by atoms with Crippen molar-refractivity contribution in [1.82, 2.24) is 15.1 Å². The van der Waals surface area contributed by atoms with Crippen LogP contribution in [0.15, 0.2) is 0 Å². The summed E-state index contributed by atoms with van der Waals surface area (Å²) in [5, 5.41) is 3.55. The Morgan fingerprint density at radius 1 is 1.35 bits per heavy atom. The van der Waals surface area contributed by atoms with Gasteiger partial charge in [0.25, 0.3) is 0 Å². The standard InChI is InChI=1S/C16H33N3O/c1-13(2)9-17-10-15-7-6-8-19(11-15)12-16(20)18(5)14(3)4/h13-15,17H,6-12H2,1-5H3. The molecule has 1 aliphatic rings. The first-order chi connectivity index (χ1) is 9.40. The van der Waals surface area contributed by atoms with E-state index in [9.17, 15) is 4.79 Å². The van der Waals surface area contributed by atoms with Gasteiger partial charge >= 0.3 is 0 Å². The van der Waals surface area contributed by atoms with Gasteiger partial charge < -0.3 is 10.2 Å². The molecule has 0 saturated carbocycles. The molecular weight excluding hydrogens is 250 g/mol. The van der Waals surface area contributed by atoms with Gasteiger partial charge in [0.2, 0.25) is 5.91 Å². The molecule has 0 aromatic heterocycles. The molecule has 0 aliphatic carbocycles. The molecule has 4 heteroatoms. The van der Waals surface area contributed by atoms with E-state index in [1.54, 1.807) is 0 Å². The van der Waals surface area contributed by atoms with Crippen LogP contribution >= 0.6 is 0 Å². The highest BCUT2D eigenvalue weighted by Gasteiger charge is 2.23. The molecule has 0 spiro atoms. The topological polar surface area (TPSA) is 35.6 Å². The van der Waals surface area contributed by atoms with Crippen LogP contribution in [0.3, 0.4) is 0 Å². The molecule has 1 fully saturated rings. The van der Waals surface area contributed by atoms with E-state index in [1.807, 2.05) is 11.9 Å². The lowest BCUT2D eigenvalue weighted by Crippen LogP contribution is -2.46. The number of likely N-dealkylation sites (tertiary alicyclic amines) is 1. The van der Waals surface area contributed by atoms with Gasteiger partial charge in [0.05, 0.1) is 6.54 Å². The number of hydrogen-bond donors (Lipinski definition) is 1. The first-order valence-electron chi connectivity index (χ1n) is 8.08. The quantitative estimate of drug-likeness (QED) is 0.774. The molecular formula is C16H33N3O. The molecule has 1 aliphatic heterocycles. The van der Waals surface area contributed by atoms with Crippen LogP contribution in [-0.2, 0) is 4.79 Å². The van der Waals surface area contributed by atoms with E-state index in [1.165, 1.54) is 12.8 Å². The lowest BCUT2D eigenvalue weighted by molar-refractivity contribution is -0.133. The molecule has 1 heterocycles. The van der Waals surface area contributed by atoms with Gasteiger partial charge in [0.15, 0.2) is 0 Å². The third kappa shape index (κ3) is 6.23. The Labute approximate surface area is 124 Å². The van der Waals surface area contributed by atoms with Crippen LogP contribution in [0.25, 0.3) is 0 Å². The van der Waals surface area contributed by atoms with Gasteiger partial charge in [-0.25, -0.2) is 0 Å². The zero-order valence-electron chi connectivity index (χ0n) is 14.0. The van der Waals surface area contributed by atoms with Gasteiger partial charge in [0, 0.05) is 19.6 Å². The molecule has 4 nitrogen and oxygen atoms in total. The van der Waals surface area contributed by atoms with Gasteiger partial charge in [0.1, 0.15) is 0 Å². The second kappa shape index (κ2) is 8.63. The molecule has 1 saturated heterocycles. The number of hydrogen-bond acceptors (Lipinski definition) is 3. The van der Waals surface area contributed by atoms with Gasteiger partial charge in [-0.05, 0) is 58.2 Å². The van der Waals surface area contributed by atoms with Crippen LogP contribution in [0.2, 0.25) is 0 Å². The Bertz CT molecular complexity index is 291. The van der Waals surface area contributed by atoms with E-state index in [0.717, 1.165) is 26.2 Å². The van der Waals surface area contributed by atoms with Gasteiger partial charge in [-0.2, -0.15) is 0 Å². The molecule has 20 heavy (non-hydrogen) atoms. The van der Waals surface area contributed by atoms with E-state index < -0.39 is 0 Å². The fraction of sp³-hybridized carbons (Fsp3) is 0.938. The summed E-state index contributed by atoms with van der Waals surface area (Å²) in [6, 6.07) is 0.288. The molecule has 1 rings (SSSR count). The lowest BCUT2D eigenvalue weighted by Gasteiger charge is -2.34. The van der Waals surface area contributed by atoms with Crippen molar-refractivity contribution < 1.29 is 4.79 Å². The number of piperidine rings is 1. The predicted molar refractivity (Wildman–Crippen MR) is 84.8 cm³/mol. The van der Waals surface area contributed by atoms with E-state index in [-0.39, 0.29) is 11.9 Å². The molecule has 1 N–H and O–H groups in total. The highest BCUT2D eigenvalue weighted by molar-refractivity contribution is 5.78. The van der Waals surface area contributed by atoms with Crippen molar-refractivity contribution in [3.8, 4) is 0 Å². The molecule has 1 unspecified atom stereocenters. The van der Waals surface area contributed by atoms with Crippen LogP contribution < -0.4 is 5.32 Å². The van der Waals surface area contributed by atoms with Crippen LogP contribution in [0, 0.1) is 11.8 Å². The summed E-state index contributed by atoms with van der Waals surface area (Å²) in [4.78, 5) is 16.3. The zero-order valence-corrected chi connectivity index (χ0v) is 14.0. The van der Waals surface area contributed by atoms with Crippen LogP contribution in [0.5, 0.6) is 0 Å². The van der Waals surface area contributed by atoms with Crippen molar-refractivity contribution in [2.45, 2.75) is 46.6 Å². The molecule has 0 bridgehead atoms. The number of nitrogens with zero attached hydrogens (tertiary/aromatic N) is 2. The second-order valence-corrected chi connectivity index (χ2v) is 6.89. The van der Waals surface area contributed by atoms with Gasteiger partial charge in [-0.1, -0.05) is 13.8 Å². The van der Waals surface area contributed by atoms with Crippen molar-refractivity contribution in [3.05, 3.63) is 0 Å². The maximum absolute atomic E-state index is 12.1. The fourth-order valence-electron chi connectivity index (χ4n) is 2.63. The van der Waals surface area contributed by atoms with E-state index in [0.29, 0.717) is 18.4 Å². The first-order valence-corrected chi connectivity index (χ1v) is 8.08. The SMILES string of the molecule is CC(C)CNCC1CCCN(CC(=O)N(C)C(C)C)C1. The summed E-state index contributed by atoms with van der Waals surface area (Å²) in [5.74, 6) is 1.64. The third-order valence-corrected chi connectivity index (χ3v) is 4.12. The summed E-state index contributed by atoms with van der Waals surface area (Å²) in [6.45, 7) is 13.5. The van der Waals surface area contributed by atoms with Crippen molar-refractivity contribution in [3.63, 3.8) is 0 Å². The van der Waals surface area contributed by atoms with E-state index in [2.05, 4.69) is 37.9 Å². The highest BCUT2D eigenvalue weighted by Crippen LogP contribution is 2.16. The van der Waals surface area contributed by atoms with Crippen molar-refractivity contribution in [1.29, 1.82) is 0 Å². The molecule has 1 amide bonds. The number of carbonyl (C=O) groups is 1. The largest absolute Gasteiger partial charge is 0.342 e. The highest BCUT2D eigenvalue weighted by atomic mass is 16.2. The third-order valence-electron chi connectivity index (χ3n) is 4.12. The van der Waals surface area contributed by atoms with Crippen LogP contribution in [0.1, 0.15) is 40.5 Å². The smallest absolute Gasteiger partial charge is 0.236 e. The maximum atomic E-state index is 12.1. The Morgan fingerprint density at radius 3 is 2.65 bits per heavy atom. The average molecular weight is 283 g/mol. The predicted octanol–water partition coefficient (Wildman–Crippen LogP) is 1.81. The minimum Gasteiger partial charge on any atom is -0.342 e. The minimum atomic E-state index is 0.246. The zero-order chi connectivity index (χ0) is 15.1. The monoisotopic (exact) mass is 283 g/mol. The van der Waals surface area contributed by atoms with Crippen molar-refractivity contribution >= 4 is 5.91 Å². The lowest BCUT2D eigenvalue weighted by atomic mass is 9.97. The van der Waals surface area contributed by atoms with E-state index in [4.69, 9.17) is 0 Å². The van der Waals surface area contributed by atoms with Crippen molar-refractivity contribution in [2.24, 2.45) is 11.8 Å². The summed E-state index contributed by atoms with van der Waals surface area (Å²) in [5.41, 5.74) is 0. The summed E-state index contributed by atoms with van der Waals surface area (Å²) < 4.78 is 0. The summed E-state index contributed by atoms with van der Waals surface area (Å²) in [7, 11) is 1.90. The Kier molecular flexibility index (Phi) is 7.52. The molecule has 0 aromatic carbocycles. The minimum absolute atomic E-state index is 0.246. The molecule has 118 valence electrons. The fourth-order valence-corrected chi connectivity index (χ4v) is 2.63. The average Bonchev–Trinajstić information content (AvgIpc) is 2.37. The van der Waals surface area contributed by atoms with E-state index >= 15 is 0 Å². The number of likely N-dealkylation sites (N-methyl/N-ethyl adjacent to an activating group) is 1. The first kappa shape index (κ1) is 17.4. The Balaban J connectivity index is 2.31. The van der Waals surface area contributed by atoms with Gasteiger partial charge in [-0.3, -0.25) is 9.69 Å². The van der Waals surface area contributed by atoms with Crippen LogP contribution in [-0.4, -0.2) is 61.5 Å². The number of carbonyl (C=O) groups excluding carboxylic acids is 1. The maximum Gasteiger partial charge on any atom is 0.236 e. The number of nitrogens with one attached hydrogen (secondary N) is 1. The normalized spacial score (nSPS) is 20.6. The molecule has 0 radical (unpaired) electrons. The summed E-state index contributed by atoms with van der Waals surface area (Å²) >= 11 is 0. The summed E-state index contributed by atoms with van der Waals surface area (Å²) in [6.07, 6.45) is 2.50. The van der Waals surface area contributed by atoms with Crippen molar-refractivity contribution in [2.75, 3.05) is 39.8 Å². The molecule has 0 aromatic rings. The number of amides is 1. The molecule has 1 atom stereocenters. The Morgan fingerprint density at radius 2 is 2.05 bits per heavy atom. The second-order valence-electron chi connectivity index (χ2n) is 6.89. The van der Waals surface area contributed by atoms with Gasteiger partial charge in [-0.15, -0.1) is 0 Å².